The van der Waals surface area contributed by atoms with Crippen molar-refractivity contribution in [2.24, 2.45) is 0 Å². The second-order valence-electron chi connectivity index (χ2n) is 4.48. The molecule has 0 aromatic heterocycles. The molecule has 3 aromatic carbocycles. The quantitative estimate of drug-likeness (QED) is 0.600. The van der Waals surface area contributed by atoms with Gasteiger partial charge in [0.2, 0.25) is 0 Å². The Morgan fingerprint density at radius 2 is 0.700 bits per heavy atom. The van der Waals surface area contributed by atoms with Gasteiger partial charge in [0, 0.05) is 0 Å². The van der Waals surface area contributed by atoms with E-state index in [2.05, 4.69) is 72.8 Å². The topological polar surface area (TPSA) is 0 Å². The molecule has 0 amide bonds. The van der Waals surface area contributed by atoms with E-state index in [9.17, 15) is 0 Å². The van der Waals surface area contributed by atoms with Crippen LogP contribution in [0.4, 0.5) is 0 Å². The SMILES string of the molecule is Cl[Te](c1ccccc1)(c1ccccc1)c1ccccc1. The van der Waals surface area contributed by atoms with Crippen LogP contribution < -0.4 is 10.8 Å². The van der Waals surface area contributed by atoms with E-state index in [1.807, 2.05) is 18.2 Å². The summed E-state index contributed by atoms with van der Waals surface area (Å²) in [6, 6.07) is 31.5. The van der Waals surface area contributed by atoms with E-state index in [0.29, 0.717) is 0 Å². The molecule has 0 bridgehead atoms. The normalized spacial score (nSPS) is 12.1. The summed E-state index contributed by atoms with van der Waals surface area (Å²) < 4.78 is 3.82. The minimum atomic E-state index is -3.05. The molecule has 0 aliphatic rings. The molecule has 2 heteroatoms. The van der Waals surface area contributed by atoms with Crippen molar-refractivity contribution >= 4 is 36.9 Å². The molecule has 3 rings (SSSR count). The molecule has 0 aliphatic heterocycles. The summed E-state index contributed by atoms with van der Waals surface area (Å²) in [5.41, 5.74) is 0. The first kappa shape index (κ1) is 13.7. The third kappa shape index (κ3) is 2.50. The third-order valence-corrected chi connectivity index (χ3v) is 14.7. The number of rotatable bonds is 3. The van der Waals surface area contributed by atoms with Crippen LogP contribution in [0.2, 0.25) is 0 Å². The maximum absolute atomic E-state index is 7.31. The van der Waals surface area contributed by atoms with Gasteiger partial charge in [0.25, 0.3) is 0 Å². The summed E-state index contributed by atoms with van der Waals surface area (Å²) >= 11 is -3.05. The second kappa shape index (κ2) is 6.02. The molecule has 0 saturated carbocycles. The molecule has 0 radical (unpaired) electrons. The van der Waals surface area contributed by atoms with Gasteiger partial charge in [-0.05, 0) is 0 Å². The zero-order valence-electron chi connectivity index (χ0n) is 10.9. The van der Waals surface area contributed by atoms with Gasteiger partial charge in [-0.1, -0.05) is 0 Å². The summed E-state index contributed by atoms with van der Waals surface area (Å²) in [6.07, 6.45) is 0. The fourth-order valence-corrected chi connectivity index (χ4v) is 11.2. The number of hydrogen-bond donors (Lipinski definition) is 0. The summed E-state index contributed by atoms with van der Waals surface area (Å²) in [4.78, 5) is 0. The van der Waals surface area contributed by atoms with E-state index in [4.69, 9.17) is 8.96 Å². The van der Waals surface area contributed by atoms with Gasteiger partial charge < -0.3 is 0 Å². The molecule has 0 unspecified atom stereocenters. The number of benzene rings is 3. The summed E-state index contributed by atoms with van der Waals surface area (Å²) in [7, 11) is 7.31. The van der Waals surface area contributed by atoms with Crippen LogP contribution in [0, 0.1) is 0 Å². The van der Waals surface area contributed by atoms with Gasteiger partial charge in [-0.2, -0.15) is 0 Å². The average molecular weight is 394 g/mol. The van der Waals surface area contributed by atoms with Gasteiger partial charge >= 0.3 is 128 Å². The van der Waals surface area contributed by atoms with Crippen LogP contribution in [0.3, 0.4) is 0 Å². The van der Waals surface area contributed by atoms with Crippen LogP contribution >= 0.6 is 8.96 Å². The van der Waals surface area contributed by atoms with Gasteiger partial charge in [0.05, 0.1) is 0 Å². The monoisotopic (exact) mass is 396 g/mol. The van der Waals surface area contributed by atoms with Gasteiger partial charge in [0.15, 0.2) is 0 Å². The van der Waals surface area contributed by atoms with E-state index in [0.717, 1.165) is 0 Å². The van der Waals surface area contributed by atoms with Crippen molar-refractivity contribution in [3.8, 4) is 0 Å². The Bertz CT molecular complexity index is 569. The number of halogens is 1. The van der Waals surface area contributed by atoms with E-state index in [1.165, 1.54) is 10.8 Å². The maximum atomic E-state index is 7.31. The Hall–Kier alpha value is -1.26. The van der Waals surface area contributed by atoms with Crippen molar-refractivity contribution in [3.05, 3.63) is 91.0 Å². The van der Waals surface area contributed by atoms with Crippen LogP contribution in [-0.4, -0.2) is 17.1 Å². The second-order valence-corrected chi connectivity index (χ2v) is 14.7. The summed E-state index contributed by atoms with van der Waals surface area (Å²) in [5, 5.41) is 0. The Balaban J connectivity index is 2.24. The summed E-state index contributed by atoms with van der Waals surface area (Å²) in [6.45, 7) is 0. The molecule has 0 nitrogen and oxygen atoms in total. The first-order valence-electron chi connectivity index (χ1n) is 6.50. The number of hydrogen-bond acceptors (Lipinski definition) is 0. The van der Waals surface area contributed by atoms with Crippen LogP contribution in [0.1, 0.15) is 0 Å². The molecule has 0 heterocycles. The Morgan fingerprint density at radius 1 is 0.450 bits per heavy atom. The zero-order chi connectivity index (χ0) is 13.8. The Morgan fingerprint density at radius 3 is 0.950 bits per heavy atom. The van der Waals surface area contributed by atoms with Gasteiger partial charge in [-0.3, -0.25) is 0 Å². The molecule has 20 heavy (non-hydrogen) atoms. The van der Waals surface area contributed by atoms with Crippen molar-refractivity contribution in [2.45, 2.75) is 0 Å². The van der Waals surface area contributed by atoms with Crippen LogP contribution in [0.25, 0.3) is 0 Å². The van der Waals surface area contributed by atoms with Crippen LogP contribution in [-0.2, 0) is 0 Å². The van der Waals surface area contributed by atoms with Crippen molar-refractivity contribution < 1.29 is 0 Å². The van der Waals surface area contributed by atoms with Gasteiger partial charge in [-0.25, -0.2) is 0 Å². The first-order chi connectivity index (χ1) is 9.82. The van der Waals surface area contributed by atoms with Crippen molar-refractivity contribution in [2.75, 3.05) is 0 Å². The molecule has 0 atom stereocenters. The van der Waals surface area contributed by atoms with Crippen molar-refractivity contribution in [1.29, 1.82) is 0 Å². The molecule has 0 saturated heterocycles. The predicted molar refractivity (Wildman–Crippen MR) is 89.8 cm³/mol. The zero-order valence-corrected chi connectivity index (χ0v) is 14.0. The van der Waals surface area contributed by atoms with Gasteiger partial charge in [-0.15, -0.1) is 0 Å². The van der Waals surface area contributed by atoms with Crippen molar-refractivity contribution in [3.63, 3.8) is 0 Å². The van der Waals surface area contributed by atoms with E-state index in [-0.39, 0.29) is 0 Å². The minimum absolute atomic E-state index is 1.27. The van der Waals surface area contributed by atoms with Crippen LogP contribution in [0.15, 0.2) is 91.0 Å². The van der Waals surface area contributed by atoms with E-state index < -0.39 is 17.1 Å². The molecular weight excluding hydrogens is 379 g/mol. The molecular formula is C18H15ClTe. The van der Waals surface area contributed by atoms with Crippen LogP contribution in [0.5, 0.6) is 0 Å². The molecule has 3 aromatic rings. The van der Waals surface area contributed by atoms with E-state index >= 15 is 0 Å². The van der Waals surface area contributed by atoms with E-state index in [1.54, 1.807) is 0 Å². The van der Waals surface area contributed by atoms with Crippen molar-refractivity contribution in [1.82, 2.24) is 0 Å². The van der Waals surface area contributed by atoms with Gasteiger partial charge in [0.1, 0.15) is 0 Å². The average Bonchev–Trinajstić information content (AvgIpc) is 2.56. The first-order valence-corrected chi connectivity index (χ1v) is 12.9. The fraction of sp³-hybridized carbons (Fsp3) is 0. The molecule has 0 fully saturated rings. The molecule has 0 aliphatic carbocycles. The Labute approximate surface area is 127 Å². The standard InChI is InChI=1S/C18H15ClTe/c19-20(16-10-4-1-5-11-16,17-12-6-2-7-13-17)18-14-8-3-9-15-18/h1-15H. The Kier molecular flexibility index (Phi) is 4.13. The molecule has 0 N–H and O–H groups in total. The summed E-state index contributed by atoms with van der Waals surface area (Å²) in [5.74, 6) is 0. The molecule has 0 spiro atoms. The third-order valence-electron chi connectivity index (χ3n) is 3.20. The predicted octanol–water partition coefficient (Wildman–Crippen LogP) is 2.89. The fourth-order valence-electron chi connectivity index (χ4n) is 2.23. The molecule has 100 valence electrons.